The maximum Gasteiger partial charge on any atom is 0.240 e. The minimum Gasteiger partial charge on any atom is -0.356 e. The fourth-order valence-electron chi connectivity index (χ4n) is 2.66. The molecule has 6 heteroatoms. The monoisotopic (exact) mass is 291 g/mol. The van der Waals surface area contributed by atoms with Gasteiger partial charge >= 0.3 is 0 Å². The number of nitrogens with two attached hydrogens (primary N) is 1. The number of hydrazine groups is 1. The Balaban J connectivity index is 2.05. The van der Waals surface area contributed by atoms with E-state index in [0.717, 1.165) is 36.1 Å². The zero-order valence-electron chi connectivity index (χ0n) is 12.0. The molecular weight excluding hydrogens is 270 g/mol. The summed E-state index contributed by atoms with van der Waals surface area (Å²) in [6.07, 6.45) is 3.48. The molecule has 0 radical (unpaired) electrons. The first-order valence-electron chi connectivity index (χ1n) is 7.23. The number of aromatic nitrogens is 2. The van der Waals surface area contributed by atoms with Crippen molar-refractivity contribution in [3.63, 3.8) is 0 Å². The lowest BCUT2D eigenvalue weighted by Gasteiger charge is -2.31. The van der Waals surface area contributed by atoms with Crippen LogP contribution in [0.1, 0.15) is 31.6 Å². The SMILES string of the molecule is CCc1cc2c(N3CCC(C)CC3)nc(NN)nc2s1. The number of hydrogen-bond acceptors (Lipinski definition) is 6. The Morgan fingerprint density at radius 3 is 2.80 bits per heavy atom. The fourth-order valence-corrected chi connectivity index (χ4v) is 3.62. The number of nitrogen functional groups attached to an aromatic ring is 1. The third-order valence-corrected chi connectivity index (χ3v) is 5.16. The van der Waals surface area contributed by atoms with Crippen molar-refractivity contribution < 1.29 is 0 Å². The van der Waals surface area contributed by atoms with E-state index in [4.69, 9.17) is 5.84 Å². The van der Waals surface area contributed by atoms with Gasteiger partial charge in [-0.15, -0.1) is 11.3 Å². The average Bonchev–Trinajstić information content (AvgIpc) is 2.90. The molecule has 20 heavy (non-hydrogen) atoms. The molecule has 2 aromatic rings. The van der Waals surface area contributed by atoms with Crippen LogP contribution in [0.15, 0.2) is 6.07 Å². The van der Waals surface area contributed by atoms with Gasteiger partial charge in [-0.1, -0.05) is 13.8 Å². The second kappa shape index (κ2) is 5.54. The highest BCUT2D eigenvalue weighted by Crippen LogP contribution is 2.33. The summed E-state index contributed by atoms with van der Waals surface area (Å²) < 4.78 is 0. The van der Waals surface area contributed by atoms with Gasteiger partial charge in [-0.2, -0.15) is 4.98 Å². The molecule has 0 aromatic carbocycles. The van der Waals surface area contributed by atoms with Crippen molar-refractivity contribution in [3.05, 3.63) is 10.9 Å². The predicted octanol–water partition coefficient (Wildman–Crippen LogP) is 2.78. The van der Waals surface area contributed by atoms with Gasteiger partial charge in [0.15, 0.2) is 0 Å². The van der Waals surface area contributed by atoms with Crippen LogP contribution in [0.3, 0.4) is 0 Å². The van der Waals surface area contributed by atoms with Crippen molar-refractivity contribution in [2.24, 2.45) is 11.8 Å². The zero-order valence-corrected chi connectivity index (χ0v) is 12.8. The predicted molar refractivity (Wildman–Crippen MR) is 85.2 cm³/mol. The summed E-state index contributed by atoms with van der Waals surface area (Å²) >= 11 is 1.73. The molecule has 1 aliphatic rings. The molecule has 0 unspecified atom stereocenters. The van der Waals surface area contributed by atoms with Crippen LogP contribution in [0.5, 0.6) is 0 Å². The van der Waals surface area contributed by atoms with Crippen LogP contribution in [0.25, 0.3) is 10.2 Å². The second-order valence-electron chi connectivity index (χ2n) is 5.47. The van der Waals surface area contributed by atoms with E-state index in [2.05, 4.69) is 40.2 Å². The summed E-state index contributed by atoms with van der Waals surface area (Å²) in [5.74, 6) is 7.86. The highest BCUT2D eigenvalue weighted by molar-refractivity contribution is 7.18. The zero-order chi connectivity index (χ0) is 14.1. The van der Waals surface area contributed by atoms with Crippen LogP contribution in [0, 0.1) is 5.92 Å². The quantitative estimate of drug-likeness (QED) is 0.672. The molecule has 0 atom stereocenters. The number of nitrogens with zero attached hydrogens (tertiary/aromatic N) is 3. The summed E-state index contributed by atoms with van der Waals surface area (Å²) in [4.78, 5) is 13.8. The molecule has 1 saturated heterocycles. The Morgan fingerprint density at radius 2 is 2.15 bits per heavy atom. The topological polar surface area (TPSA) is 67.1 Å². The number of nitrogens with one attached hydrogen (secondary N) is 1. The maximum absolute atomic E-state index is 5.51. The molecule has 3 rings (SSSR count). The van der Waals surface area contributed by atoms with Crippen molar-refractivity contribution in [2.45, 2.75) is 33.1 Å². The van der Waals surface area contributed by atoms with Crippen molar-refractivity contribution in [3.8, 4) is 0 Å². The molecule has 5 nitrogen and oxygen atoms in total. The molecule has 0 spiro atoms. The van der Waals surface area contributed by atoms with Crippen LogP contribution >= 0.6 is 11.3 Å². The average molecular weight is 291 g/mol. The molecular formula is C14H21N5S. The summed E-state index contributed by atoms with van der Waals surface area (Å²) in [5.41, 5.74) is 2.59. The van der Waals surface area contributed by atoms with Gasteiger partial charge in [0.2, 0.25) is 5.95 Å². The van der Waals surface area contributed by atoms with Crippen LogP contribution < -0.4 is 16.2 Å². The van der Waals surface area contributed by atoms with Gasteiger partial charge in [-0.25, -0.2) is 10.8 Å². The largest absolute Gasteiger partial charge is 0.356 e. The maximum atomic E-state index is 5.51. The summed E-state index contributed by atoms with van der Waals surface area (Å²) in [6.45, 7) is 6.62. The molecule has 0 aliphatic carbocycles. The second-order valence-corrected chi connectivity index (χ2v) is 6.59. The molecule has 2 aromatic heterocycles. The minimum atomic E-state index is 0.510. The smallest absolute Gasteiger partial charge is 0.240 e. The Kier molecular flexibility index (Phi) is 3.76. The fraction of sp³-hybridized carbons (Fsp3) is 0.571. The Bertz CT molecular complexity index is 601. The lowest BCUT2D eigenvalue weighted by Crippen LogP contribution is -2.33. The number of fused-ring (bicyclic) bond motifs is 1. The Hall–Kier alpha value is -1.40. The number of rotatable bonds is 3. The minimum absolute atomic E-state index is 0.510. The van der Waals surface area contributed by atoms with E-state index in [1.165, 1.54) is 23.1 Å². The van der Waals surface area contributed by atoms with Gasteiger partial charge in [0, 0.05) is 18.0 Å². The summed E-state index contributed by atoms with van der Waals surface area (Å²) in [5, 5.41) is 1.17. The highest BCUT2D eigenvalue weighted by atomic mass is 32.1. The molecule has 0 amide bonds. The third kappa shape index (κ3) is 2.45. The summed E-state index contributed by atoms with van der Waals surface area (Å²) in [6, 6.07) is 2.23. The van der Waals surface area contributed by atoms with Crippen molar-refractivity contribution in [1.29, 1.82) is 0 Å². The van der Waals surface area contributed by atoms with Gasteiger partial charge in [-0.3, -0.25) is 5.43 Å². The Morgan fingerprint density at radius 1 is 1.40 bits per heavy atom. The molecule has 0 bridgehead atoms. The molecule has 1 fully saturated rings. The first-order valence-corrected chi connectivity index (χ1v) is 8.05. The van der Waals surface area contributed by atoms with Crippen LogP contribution in [0.4, 0.5) is 11.8 Å². The van der Waals surface area contributed by atoms with E-state index in [1.807, 2.05) is 0 Å². The molecule has 3 heterocycles. The van der Waals surface area contributed by atoms with E-state index in [-0.39, 0.29) is 0 Å². The van der Waals surface area contributed by atoms with Gasteiger partial charge in [0.25, 0.3) is 0 Å². The molecule has 1 aliphatic heterocycles. The number of piperidine rings is 1. The van der Waals surface area contributed by atoms with Crippen LogP contribution in [0.2, 0.25) is 0 Å². The molecule has 0 saturated carbocycles. The normalized spacial score (nSPS) is 16.9. The number of hydrogen-bond donors (Lipinski definition) is 2. The van der Waals surface area contributed by atoms with Gasteiger partial charge in [0.1, 0.15) is 10.6 Å². The number of aryl methyl sites for hydroxylation is 1. The van der Waals surface area contributed by atoms with Gasteiger partial charge in [-0.05, 0) is 31.2 Å². The van der Waals surface area contributed by atoms with Crippen LogP contribution in [-0.4, -0.2) is 23.1 Å². The molecule has 108 valence electrons. The van der Waals surface area contributed by atoms with Gasteiger partial charge < -0.3 is 4.90 Å². The van der Waals surface area contributed by atoms with E-state index in [0.29, 0.717) is 5.95 Å². The van der Waals surface area contributed by atoms with Crippen molar-refractivity contribution in [2.75, 3.05) is 23.4 Å². The lowest BCUT2D eigenvalue weighted by atomic mass is 9.99. The summed E-state index contributed by atoms with van der Waals surface area (Å²) in [7, 11) is 0. The van der Waals surface area contributed by atoms with E-state index in [9.17, 15) is 0 Å². The van der Waals surface area contributed by atoms with E-state index in [1.54, 1.807) is 11.3 Å². The molecule has 3 N–H and O–H groups in total. The van der Waals surface area contributed by atoms with Crippen molar-refractivity contribution >= 4 is 33.3 Å². The first-order chi connectivity index (χ1) is 9.71. The lowest BCUT2D eigenvalue weighted by molar-refractivity contribution is 0.437. The van der Waals surface area contributed by atoms with Gasteiger partial charge in [0.05, 0.1) is 5.39 Å². The third-order valence-electron chi connectivity index (χ3n) is 3.98. The first kappa shape index (κ1) is 13.6. The van der Waals surface area contributed by atoms with E-state index >= 15 is 0 Å². The highest BCUT2D eigenvalue weighted by Gasteiger charge is 2.21. The van der Waals surface area contributed by atoms with E-state index < -0.39 is 0 Å². The number of anilines is 2. The van der Waals surface area contributed by atoms with Crippen molar-refractivity contribution in [1.82, 2.24) is 9.97 Å². The van der Waals surface area contributed by atoms with Crippen LogP contribution in [-0.2, 0) is 6.42 Å². The number of thiophene rings is 1. The Labute approximate surface area is 123 Å². The standard InChI is InChI=1S/C14H21N5S/c1-3-10-8-11-12(19-6-4-9(2)5-7-19)16-14(18-15)17-13(11)20-10/h8-9H,3-7,15H2,1-2H3,(H,16,17,18).